The molecule has 0 bridgehead atoms. The molecular formula is C30H22FNO4. The highest BCUT2D eigenvalue weighted by Crippen LogP contribution is 2.41. The first kappa shape index (κ1) is 23.1. The fourth-order valence-corrected chi connectivity index (χ4v) is 4.56. The zero-order chi connectivity index (χ0) is 25.4. The fraction of sp³-hybridized carbons (Fsp3) is 0.0667. The van der Waals surface area contributed by atoms with Crippen LogP contribution >= 0.6 is 0 Å². The number of rotatable bonds is 5. The summed E-state index contributed by atoms with van der Waals surface area (Å²) in [5.41, 5.74) is 5.88. The standard InChI is InChI=1S/C30H22FNO4/c1-17(21-6-4-5-18(13-21)14-28(34)35)29-24-15-23(25(31)16-26(24)32-30(29)36)20-11-9-19(10-12-20)22-7-2-3-8-27(22)33/h2-13,15-16,33H,14H2,1H3,(H,32,36)(H,34,35). The van der Waals surface area contributed by atoms with Crippen LogP contribution in [-0.4, -0.2) is 22.1 Å². The Bertz CT molecular complexity index is 1550. The second kappa shape index (κ2) is 9.15. The topological polar surface area (TPSA) is 86.6 Å². The summed E-state index contributed by atoms with van der Waals surface area (Å²) < 4.78 is 15.1. The van der Waals surface area contributed by atoms with Gasteiger partial charge in [-0.2, -0.15) is 0 Å². The molecule has 1 aliphatic heterocycles. The highest BCUT2D eigenvalue weighted by molar-refractivity contribution is 6.36. The van der Waals surface area contributed by atoms with E-state index >= 15 is 4.39 Å². The van der Waals surface area contributed by atoms with Crippen LogP contribution in [0.25, 0.3) is 33.4 Å². The van der Waals surface area contributed by atoms with Crippen molar-refractivity contribution >= 4 is 28.7 Å². The van der Waals surface area contributed by atoms with Gasteiger partial charge in [-0.3, -0.25) is 9.59 Å². The quantitative estimate of drug-likeness (QED) is 0.290. The lowest BCUT2D eigenvalue weighted by Gasteiger charge is -2.11. The molecule has 0 saturated heterocycles. The first-order valence-electron chi connectivity index (χ1n) is 11.4. The number of phenolic OH excluding ortho intramolecular Hbond substituents is 1. The van der Waals surface area contributed by atoms with Crippen molar-refractivity contribution < 1.29 is 24.2 Å². The molecule has 0 unspecified atom stereocenters. The number of hydrogen-bond acceptors (Lipinski definition) is 3. The van der Waals surface area contributed by atoms with Crippen LogP contribution in [0.2, 0.25) is 0 Å². The van der Waals surface area contributed by atoms with Gasteiger partial charge in [-0.25, -0.2) is 4.39 Å². The Labute approximate surface area is 207 Å². The number of anilines is 1. The molecular weight excluding hydrogens is 457 g/mol. The number of halogens is 1. The van der Waals surface area contributed by atoms with Gasteiger partial charge >= 0.3 is 5.97 Å². The summed E-state index contributed by atoms with van der Waals surface area (Å²) in [5.74, 6) is -1.57. The minimum absolute atomic E-state index is 0.120. The average molecular weight is 480 g/mol. The van der Waals surface area contributed by atoms with Gasteiger partial charge in [0.05, 0.1) is 17.7 Å². The van der Waals surface area contributed by atoms with E-state index in [-0.39, 0.29) is 18.1 Å². The largest absolute Gasteiger partial charge is 0.507 e. The number of carboxylic acids is 1. The molecule has 5 nitrogen and oxygen atoms in total. The van der Waals surface area contributed by atoms with E-state index in [0.29, 0.717) is 44.7 Å². The van der Waals surface area contributed by atoms with Crippen LogP contribution in [0.15, 0.2) is 84.9 Å². The Morgan fingerprint density at radius 3 is 2.25 bits per heavy atom. The van der Waals surface area contributed by atoms with E-state index in [1.54, 1.807) is 55.5 Å². The van der Waals surface area contributed by atoms with Crippen molar-refractivity contribution in [3.63, 3.8) is 0 Å². The number of phenols is 1. The lowest BCUT2D eigenvalue weighted by molar-refractivity contribution is -0.136. The summed E-state index contributed by atoms with van der Waals surface area (Å²) >= 11 is 0. The van der Waals surface area contributed by atoms with Gasteiger partial charge in [0.15, 0.2) is 0 Å². The number of nitrogens with one attached hydrogen (secondary N) is 1. The highest BCUT2D eigenvalue weighted by Gasteiger charge is 2.28. The number of carboxylic acid groups (broad SMARTS) is 1. The molecule has 0 saturated carbocycles. The van der Waals surface area contributed by atoms with E-state index in [4.69, 9.17) is 5.11 Å². The fourth-order valence-electron chi connectivity index (χ4n) is 4.56. The number of fused-ring (bicyclic) bond motifs is 1. The summed E-state index contributed by atoms with van der Waals surface area (Å²) in [4.78, 5) is 24.0. The van der Waals surface area contributed by atoms with Gasteiger partial charge in [-0.1, -0.05) is 66.7 Å². The number of carbonyl (C=O) groups excluding carboxylic acids is 1. The number of aliphatic carboxylic acids is 1. The third kappa shape index (κ3) is 4.25. The van der Waals surface area contributed by atoms with Crippen LogP contribution in [0.5, 0.6) is 5.75 Å². The molecule has 0 aromatic heterocycles. The first-order valence-corrected chi connectivity index (χ1v) is 11.4. The van der Waals surface area contributed by atoms with Crippen molar-refractivity contribution in [2.45, 2.75) is 13.3 Å². The molecule has 5 rings (SSSR count). The van der Waals surface area contributed by atoms with Crippen molar-refractivity contribution in [2.75, 3.05) is 5.32 Å². The van der Waals surface area contributed by atoms with Crippen LogP contribution in [0, 0.1) is 5.82 Å². The van der Waals surface area contributed by atoms with Gasteiger partial charge in [-0.15, -0.1) is 0 Å². The molecule has 1 heterocycles. The molecule has 0 radical (unpaired) electrons. The Hall–Kier alpha value is -4.71. The minimum atomic E-state index is -0.935. The van der Waals surface area contributed by atoms with Gasteiger partial charge < -0.3 is 15.5 Å². The lowest BCUT2D eigenvalue weighted by Crippen LogP contribution is -2.05. The molecule has 1 amide bonds. The van der Waals surface area contributed by atoms with Gasteiger partial charge in [0.25, 0.3) is 5.91 Å². The van der Waals surface area contributed by atoms with Gasteiger partial charge in [0.2, 0.25) is 0 Å². The minimum Gasteiger partial charge on any atom is -0.507 e. The Morgan fingerprint density at radius 1 is 0.861 bits per heavy atom. The zero-order valence-electron chi connectivity index (χ0n) is 19.4. The van der Waals surface area contributed by atoms with Crippen molar-refractivity contribution in [1.82, 2.24) is 0 Å². The van der Waals surface area contributed by atoms with E-state index in [9.17, 15) is 14.7 Å². The number of carbonyl (C=O) groups is 2. The van der Waals surface area contributed by atoms with Crippen LogP contribution in [-0.2, 0) is 16.0 Å². The van der Waals surface area contributed by atoms with Crippen molar-refractivity contribution in [3.8, 4) is 28.0 Å². The number of benzene rings is 4. The lowest BCUT2D eigenvalue weighted by atomic mass is 9.92. The van der Waals surface area contributed by atoms with Crippen LogP contribution in [0.1, 0.15) is 23.6 Å². The Balaban J connectivity index is 1.56. The normalized spacial score (nSPS) is 13.8. The third-order valence-electron chi connectivity index (χ3n) is 6.35. The SMILES string of the molecule is CC(=C1C(=O)Nc2cc(F)c(-c3ccc(-c4ccccc4O)cc3)cc21)c1cccc(CC(=O)O)c1. The predicted molar refractivity (Wildman–Crippen MR) is 138 cm³/mol. The molecule has 0 fully saturated rings. The number of aromatic hydroxyl groups is 1. The highest BCUT2D eigenvalue weighted by atomic mass is 19.1. The smallest absolute Gasteiger partial charge is 0.307 e. The zero-order valence-corrected chi connectivity index (χ0v) is 19.4. The molecule has 178 valence electrons. The number of allylic oxidation sites excluding steroid dienone is 1. The summed E-state index contributed by atoms with van der Waals surface area (Å²) in [6.45, 7) is 1.80. The van der Waals surface area contributed by atoms with Crippen LogP contribution < -0.4 is 5.32 Å². The van der Waals surface area contributed by atoms with Crippen LogP contribution in [0.3, 0.4) is 0 Å². The van der Waals surface area contributed by atoms with E-state index in [1.807, 2.05) is 30.3 Å². The molecule has 1 aliphatic rings. The summed E-state index contributed by atoms with van der Waals surface area (Å²) in [5, 5.41) is 22.0. The van der Waals surface area contributed by atoms with Crippen molar-refractivity contribution in [3.05, 3.63) is 107 Å². The second-order valence-electron chi connectivity index (χ2n) is 8.70. The molecule has 6 heteroatoms. The summed E-state index contributed by atoms with van der Waals surface area (Å²) in [6, 6.07) is 24.2. The second-order valence-corrected chi connectivity index (χ2v) is 8.70. The number of para-hydroxylation sites is 1. The maximum absolute atomic E-state index is 15.1. The maximum Gasteiger partial charge on any atom is 0.307 e. The molecule has 0 aliphatic carbocycles. The molecule has 0 spiro atoms. The maximum atomic E-state index is 15.1. The molecule has 4 aromatic rings. The van der Waals surface area contributed by atoms with Crippen molar-refractivity contribution in [1.29, 1.82) is 0 Å². The molecule has 36 heavy (non-hydrogen) atoms. The Morgan fingerprint density at radius 2 is 1.56 bits per heavy atom. The predicted octanol–water partition coefficient (Wildman–Crippen LogP) is 6.38. The van der Waals surface area contributed by atoms with E-state index in [0.717, 1.165) is 11.1 Å². The monoisotopic (exact) mass is 479 g/mol. The summed E-state index contributed by atoms with van der Waals surface area (Å²) in [6.07, 6.45) is -0.120. The summed E-state index contributed by atoms with van der Waals surface area (Å²) in [7, 11) is 0. The average Bonchev–Trinajstić information content (AvgIpc) is 3.17. The third-order valence-corrected chi connectivity index (χ3v) is 6.35. The van der Waals surface area contributed by atoms with E-state index < -0.39 is 11.8 Å². The van der Waals surface area contributed by atoms with Crippen molar-refractivity contribution in [2.24, 2.45) is 0 Å². The van der Waals surface area contributed by atoms with E-state index in [2.05, 4.69) is 5.32 Å². The first-order chi connectivity index (χ1) is 17.3. The van der Waals surface area contributed by atoms with Crippen LogP contribution in [0.4, 0.5) is 10.1 Å². The van der Waals surface area contributed by atoms with Gasteiger partial charge in [-0.05, 0) is 52.9 Å². The molecule has 4 aromatic carbocycles. The molecule has 0 atom stereocenters. The Kier molecular flexibility index (Phi) is 5.86. The van der Waals surface area contributed by atoms with Gasteiger partial charge in [0.1, 0.15) is 11.6 Å². The molecule has 3 N–H and O–H groups in total. The number of hydrogen-bond donors (Lipinski definition) is 3. The number of amides is 1. The van der Waals surface area contributed by atoms with E-state index in [1.165, 1.54) is 6.07 Å². The van der Waals surface area contributed by atoms with Gasteiger partial charge in [0, 0.05) is 16.7 Å².